The molecule has 9 nitrogen and oxygen atoms in total. The van der Waals surface area contributed by atoms with Crippen LogP contribution in [0.4, 0.5) is 5.95 Å². The van der Waals surface area contributed by atoms with Crippen LogP contribution in [-0.2, 0) is 10.0 Å². The topological polar surface area (TPSA) is 129 Å². The van der Waals surface area contributed by atoms with Gasteiger partial charge < -0.3 is 10.4 Å². The fraction of sp³-hybridized carbons (Fsp3) is 0.125. The van der Waals surface area contributed by atoms with Gasteiger partial charge in [-0.25, -0.2) is 18.1 Å². The van der Waals surface area contributed by atoms with Gasteiger partial charge in [0.15, 0.2) is 0 Å². The van der Waals surface area contributed by atoms with E-state index in [1.807, 2.05) is 68.4 Å². The van der Waals surface area contributed by atoms with Crippen molar-refractivity contribution in [2.24, 2.45) is 0 Å². The summed E-state index contributed by atoms with van der Waals surface area (Å²) in [4.78, 5) is 9.20. The van der Waals surface area contributed by atoms with E-state index in [4.69, 9.17) is 10.4 Å². The molecule has 0 atom stereocenters. The summed E-state index contributed by atoms with van der Waals surface area (Å²) in [7, 11) is -3.59. The minimum Gasteiger partial charge on any atom is -0.361 e. The van der Waals surface area contributed by atoms with Crippen LogP contribution in [-0.4, -0.2) is 34.5 Å². The van der Waals surface area contributed by atoms with E-state index in [2.05, 4.69) is 19.8 Å². The Labute approximate surface area is 196 Å². The molecule has 0 fully saturated rings. The third-order valence-corrected chi connectivity index (χ3v) is 6.09. The quantitative estimate of drug-likeness (QED) is 0.367. The molecule has 3 N–H and O–H groups in total. The highest BCUT2D eigenvalue weighted by Crippen LogP contribution is 2.39. The number of nitrogens with two attached hydrogens (primary N) is 1. The first-order valence-electron chi connectivity index (χ1n) is 10.5. The van der Waals surface area contributed by atoms with Crippen molar-refractivity contribution < 1.29 is 12.9 Å². The fourth-order valence-corrected chi connectivity index (χ4v) is 4.60. The Bertz CT molecular complexity index is 1620. The number of fused-ring (bicyclic) bond motifs is 1. The van der Waals surface area contributed by atoms with Gasteiger partial charge in [-0.2, -0.15) is 0 Å². The number of anilines is 1. The van der Waals surface area contributed by atoms with Crippen molar-refractivity contribution >= 4 is 27.0 Å². The standard InChI is InChI=1S/C24H22N6O3S/c1-14-21(15(2)33-28-14)17-12-19(18-10-7-11-26-22(18)16-8-5-4-6-9-16)23-20(13-17)30(25)24(27-23)29-34(3,31)32/h4-13H,25H2,1-3H3,(H,27,29). The maximum absolute atomic E-state index is 11.9. The van der Waals surface area contributed by atoms with Gasteiger partial charge in [0.05, 0.1) is 23.2 Å². The van der Waals surface area contributed by atoms with Crippen molar-refractivity contribution in [3.05, 3.63) is 72.2 Å². The Morgan fingerprint density at radius 3 is 2.44 bits per heavy atom. The van der Waals surface area contributed by atoms with Crippen molar-refractivity contribution in [2.75, 3.05) is 16.8 Å². The Morgan fingerprint density at radius 1 is 1.00 bits per heavy atom. The molecule has 0 aliphatic carbocycles. The summed E-state index contributed by atoms with van der Waals surface area (Å²) in [6.45, 7) is 3.71. The maximum Gasteiger partial charge on any atom is 0.236 e. The molecule has 0 unspecified atom stereocenters. The van der Waals surface area contributed by atoms with Crippen LogP contribution in [0.3, 0.4) is 0 Å². The Morgan fingerprint density at radius 2 is 1.76 bits per heavy atom. The molecule has 5 aromatic rings. The molecule has 0 amide bonds. The minimum atomic E-state index is -3.59. The highest BCUT2D eigenvalue weighted by Gasteiger charge is 2.22. The molecule has 172 valence electrons. The van der Waals surface area contributed by atoms with E-state index in [1.54, 1.807) is 6.20 Å². The van der Waals surface area contributed by atoms with E-state index in [0.29, 0.717) is 16.8 Å². The van der Waals surface area contributed by atoms with Gasteiger partial charge in [-0.1, -0.05) is 41.6 Å². The second-order valence-corrected chi connectivity index (χ2v) is 9.78. The van der Waals surface area contributed by atoms with Crippen molar-refractivity contribution in [1.29, 1.82) is 0 Å². The SMILES string of the molecule is Cc1noc(C)c1-c1cc(-c2cccnc2-c2ccccc2)c2nc(NS(C)(=O)=O)n(N)c2c1. The van der Waals surface area contributed by atoms with Gasteiger partial charge in [0.25, 0.3) is 0 Å². The Kier molecular flexibility index (Phi) is 5.09. The summed E-state index contributed by atoms with van der Waals surface area (Å²) in [6, 6.07) is 17.5. The molecule has 5 rings (SSSR count). The number of nitrogen functional groups attached to an aromatic ring is 1. The van der Waals surface area contributed by atoms with E-state index < -0.39 is 10.0 Å². The lowest BCUT2D eigenvalue weighted by Gasteiger charge is -2.12. The van der Waals surface area contributed by atoms with Crippen LogP contribution in [0.2, 0.25) is 0 Å². The number of aryl methyl sites for hydroxylation is 2. The zero-order valence-corrected chi connectivity index (χ0v) is 19.6. The van der Waals surface area contributed by atoms with Crippen LogP contribution < -0.4 is 10.6 Å². The molecule has 0 bridgehead atoms. The number of aromatic nitrogens is 4. The highest BCUT2D eigenvalue weighted by molar-refractivity contribution is 7.92. The third-order valence-electron chi connectivity index (χ3n) is 5.54. The Balaban J connectivity index is 1.85. The number of rotatable bonds is 5. The van der Waals surface area contributed by atoms with Gasteiger partial charge in [-0.05, 0) is 37.6 Å². The second-order valence-electron chi connectivity index (χ2n) is 8.04. The normalized spacial score (nSPS) is 11.7. The molecule has 2 aromatic carbocycles. The number of benzene rings is 2. The zero-order valence-electron chi connectivity index (χ0n) is 18.8. The van der Waals surface area contributed by atoms with Crippen LogP contribution in [0.25, 0.3) is 44.5 Å². The van der Waals surface area contributed by atoms with Gasteiger partial charge in [0.1, 0.15) is 11.3 Å². The number of hydrogen-bond acceptors (Lipinski definition) is 7. The van der Waals surface area contributed by atoms with E-state index in [-0.39, 0.29) is 5.95 Å². The average molecular weight is 475 g/mol. The Hall–Kier alpha value is -4.18. The van der Waals surface area contributed by atoms with Crippen LogP contribution in [0.15, 0.2) is 65.3 Å². The summed E-state index contributed by atoms with van der Waals surface area (Å²) in [5.41, 5.74) is 6.76. The zero-order chi connectivity index (χ0) is 24.0. The smallest absolute Gasteiger partial charge is 0.236 e. The minimum absolute atomic E-state index is 0.0137. The molecule has 10 heteroatoms. The molecule has 34 heavy (non-hydrogen) atoms. The van der Waals surface area contributed by atoms with Crippen molar-refractivity contribution in [3.8, 4) is 33.5 Å². The van der Waals surface area contributed by atoms with Crippen LogP contribution >= 0.6 is 0 Å². The molecule has 0 aliphatic heterocycles. The number of imidazole rings is 1. The summed E-state index contributed by atoms with van der Waals surface area (Å²) in [5, 5.41) is 4.08. The van der Waals surface area contributed by atoms with Gasteiger partial charge >= 0.3 is 0 Å². The monoisotopic (exact) mass is 474 g/mol. The molecule has 0 aliphatic rings. The molecule has 3 heterocycles. The predicted molar refractivity (Wildman–Crippen MR) is 132 cm³/mol. The predicted octanol–water partition coefficient (Wildman–Crippen LogP) is 4.12. The van der Waals surface area contributed by atoms with Gasteiger partial charge in [-0.3, -0.25) is 9.71 Å². The molecule has 0 radical (unpaired) electrons. The van der Waals surface area contributed by atoms with E-state index in [9.17, 15) is 8.42 Å². The summed E-state index contributed by atoms with van der Waals surface area (Å²) in [5.74, 6) is 6.99. The van der Waals surface area contributed by atoms with E-state index in [0.717, 1.165) is 45.5 Å². The first-order valence-corrected chi connectivity index (χ1v) is 12.4. The number of pyridine rings is 1. The average Bonchev–Trinajstić information content (AvgIpc) is 3.31. The summed E-state index contributed by atoms with van der Waals surface area (Å²) >= 11 is 0. The third kappa shape index (κ3) is 3.77. The molecule has 0 spiro atoms. The van der Waals surface area contributed by atoms with Crippen molar-refractivity contribution in [2.45, 2.75) is 13.8 Å². The van der Waals surface area contributed by atoms with E-state index in [1.165, 1.54) is 4.68 Å². The number of sulfonamides is 1. The summed E-state index contributed by atoms with van der Waals surface area (Å²) < 4.78 is 32.9. The molecular formula is C24H22N6O3S. The second kappa shape index (κ2) is 7.99. The lowest BCUT2D eigenvalue weighted by Crippen LogP contribution is -2.18. The number of hydrogen-bond donors (Lipinski definition) is 2. The van der Waals surface area contributed by atoms with E-state index >= 15 is 0 Å². The van der Waals surface area contributed by atoms with Crippen LogP contribution in [0.1, 0.15) is 11.5 Å². The highest BCUT2D eigenvalue weighted by atomic mass is 32.2. The molecular weight excluding hydrogens is 452 g/mol. The van der Waals surface area contributed by atoms with Crippen LogP contribution in [0.5, 0.6) is 0 Å². The molecule has 0 saturated heterocycles. The van der Waals surface area contributed by atoms with Gasteiger partial charge in [-0.15, -0.1) is 0 Å². The first kappa shape index (κ1) is 21.7. The summed E-state index contributed by atoms with van der Waals surface area (Å²) in [6.07, 6.45) is 2.79. The number of nitrogens with zero attached hydrogens (tertiary/aromatic N) is 4. The molecule has 0 saturated carbocycles. The first-order chi connectivity index (χ1) is 16.2. The fourth-order valence-electron chi connectivity index (χ4n) is 4.13. The maximum atomic E-state index is 11.9. The van der Waals surface area contributed by atoms with Gasteiger partial charge in [0, 0.05) is 28.5 Å². The molecule has 3 aromatic heterocycles. The lowest BCUT2D eigenvalue weighted by molar-refractivity contribution is 0.393. The van der Waals surface area contributed by atoms with Crippen molar-refractivity contribution in [1.82, 2.24) is 19.8 Å². The lowest BCUT2D eigenvalue weighted by atomic mass is 9.94. The van der Waals surface area contributed by atoms with Crippen LogP contribution in [0, 0.1) is 13.8 Å². The van der Waals surface area contributed by atoms with Gasteiger partial charge in [0.2, 0.25) is 16.0 Å². The number of nitrogens with one attached hydrogen (secondary N) is 1. The van der Waals surface area contributed by atoms with Crippen molar-refractivity contribution in [3.63, 3.8) is 0 Å². The largest absolute Gasteiger partial charge is 0.361 e.